The van der Waals surface area contributed by atoms with Crippen molar-refractivity contribution in [1.82, 2.24) is 4.90 Å². The van der Waals surface area contributed by atoms with Crippen LogP contribution in [0.25, 0.3) is 0 Å². The highest BCUT2D eigenvalue weighted by molar-refractivity contribution is 7.91. The Morgan fingerprint density at radius 3 is 2.59 bits per heavy atom. The second-order valence-corrected chi connectivity index (χ2v) is 8.06. The number of benzene rings is 1. The van der Waals surface area contributed by atoms with Gasteiger partial charge in [-0.05, 0) is 18.4 Å². The minimum atomic E-state index is -3.29. The van der Waals surface area contributed by atoms with Gasteiger partial charge in [0.1, 0.15) is 5.75 Å². The molecule has 1 saturated heterocycles. The second-order valence-electron chi connectivity index (χ2n) is 5.92. The number of ether oxygens (including phenoxy) is 1. The molecule has 0 bridgehead atoms. The minimum Gasteiger partial charge on any atom is -0.381 e. The van der Waals surface area contributed by atoms with E-state index in [0.717, 1.165) is 19.1 Å². The lowest BCUT2D eigenvalue weighted by molar-refractivity contribution is -0.132. The van der Waals surface area contributed by atoms with Crippen molar-refractivity contribution in [1.29, 1.82) is 0 Å². The Morgan fingerprint density at radius 1 is 1.32 bits per heavy atom. The predicted molar refractivity (Wildman–Crippen MR) is 85.3 cm³/mol. The zero-order valence-electron chi connectivity index (χ0n) is 13.1. The first-order valence-electron chi connectivity index (χ1n) is 7.41. The SMILES string of the molecule is CO[C@H]1CCN(C(=O)CS(C)(=O)=O)C[C@@H]1Cc1ccccc1. The molecule has 0 aliphatic carbocycles. The largest absolute Gasteiger partial charge is 0.381 e. The fourth-order valence-electron chi connectivity index (χ4n) is 2.98. The van der Waals surface area contributed by atoms with E-state index in [0.29, 0.717) is 13.1 Å². The van der Waals surface area contributed by atoms with Crippen LogP contribution in [0.1, 0.15) is 12.0 Å². The van der Waals surface area contributed by atoms with E-state index in [4.69, 9.17) is 4.74 Å². The Hall–Kier alpha value is -1.40. The molecule has 22 heavy (non-hydrogen) atoms. The number of hydrogen-bond donors (Lipinski definition) is 0. The molecule has 0 radical (unpaired) electrons. The summed E-state index contributed by atoms with van der Waals surface area (Å²) in [5.41, 5.74) is 1.20. The van der Waals surface area contributed by atoms with E-state index in [2.05, 4.69) is 12.1 Å². The molecule has 0 saturated carbocycles. The molecule has 2 atom stereocenters. The topological polar surface area (TPSA) is 63.7 Å². The highest BCUT2D eigenvalue weighted by Gasteiger charge is 2.32. The zero-order valence-corrected chi connectivity index (χ0v) is 13.9. The average molecular weight is 325 g/mol. The average Bonchev–Trinajstić information content (AvgIpc) is 2.46. The van der Waals surface area contributed by atoms with Gasteiger partial charge in [0.2, 0.25) is 5.91 Å². The van der Waals surface area contributed by atoms with Crippen molar-refractivity contribution in [2.24, 2.45) is 5.92 Å². The summed E-state index contributed by atoms with van der Waals surface area (Å²) >= 11 is 0. The van der Waals surface area contributed by atoms with E-state index < -0.39 is 15.6 Å². The van der Waals surface area contributed by atoms with E-state index in [9.17, 15) is 13.2 Å². The molecule has 1 amide bonds. The number of carbonyl (C=O) groups excluding carboxylic acids is 1. The molecule has 1 aliphatic heterocycles. The van der Waals surface area contributed by atoms with Gasteiger partial charge in [-0.3, -0.25) is 4.79 Å². The van der Waals surface area contributed by atoms with Gasteiger partial charge in [0.15, 0.2) is 9.84 Å². The Kier molecular flexibility index (Phi) is 5.58. The molecule has 1 heterocycles. The van der Waals surface area contributed by atoms with Crippen molar-refractivity contribution in [2.75, 3.05) is 32.2 Å². The van der Waals surface area contributed by atoms with Gasteiger partial charge in [-0.2, -0.15) is 0 Å². The third kappa shape index (κ3) is 4.81. The lowest BCUT2D eigenvalue weighted by Gasteiger charge is -2.38. The molecule has 0 N–H and O–H groups in total. The van der Waals surface area contributed by atoms with Gasteiger partial charge in [0.05, 0.1) is 6.10 Å². The number of rotatable bonds is 5. The maximum atomic E-state index is 12.1. The van der Waals surface area contributed by atoms with Crippen LogP contribution in [0.15, 0.2) is 30.3 Å². The van der Waals surface area contributed by atoms with Crippen LogP contribution in [0, 0.1) is 5.92 Å². The summed E-state index contributed by atoms with van der Waals surface area (Å²) in [4.78, 5) is 13.8. The van der Waals surface area contributed by atoms with E-state index in [1.165, 1.54) is 5.56 Å². The fraction of sp³-hybridized carbons (Fsp3) is 0.562. The quantitative estimate of drug-likeness (QED) is 0.814. The van der Waals surface area contributed by atoms with Gasteiger partial charge < -0.3 is 9.64 Å². The van der Waals surface area contributed by atoms with Crippen molar-refractivity contribution < 1.29 is 17.9 Å². The number of piperidine rings is 1. The Bertz CT molecular complexity index is 600. The van der Waals surface area contributed by atoms with Crippen LogP contribution in [0.4, 0.5) is 0 Å². The lowest BCUT2D eigenvalue weighted by Crippen LogP contribution is -2.48. The number of nitrogens with zero attached hydrogens (tertiary/aromatic N) is 1. The number of methoxy groups -OCH3 is 1. The molecule has 5 nitrogen and oxygen atoms in total. The molecule has 1 aromatic carbocycles. The van der Waals surface area contributed by atoms with Crippen molar-refractivity contribution in [3.8, 4) is 0 Å². The van der Waals surface area contributed by atoms with Crippen LogP contribution < -0.4 is 0 Å². The normalized spacial score (nSPS) is 22.5. The van der Waals surface area contributed by atoms with Gasteiger partial charge in [-0.1, -0.05) is 30.3 Å². The minimum absolute atomic E-state index is 0.0995. The van der Waals surface area contributed by atoms with Crippen LogP contribution in [0.5, 0.6) is 0 Å². The molecule has 1 aliphatic rings. The first-order valence-corrected chi connectivity index (χ1v) is 9.47. The summed E-state index contributed by atoms with van der Waals surface area (Å²) in [5, 5.41) is 0. The maximum absolute atomic E-state index is 12.1. The van der Waals surface area contributed by atoms with Crippen molar-refractivity contribution in [3.63, 3.8) is 0 Å². The molecule has 1 fully saturated rings. The van der Waals surface area contributed by atoms with Gasteiger partial charge >= 0.3 is 0 Å². The van der Waals surface area contributed by atoms with Gasteiger partial charge in [0.25, 0.3) is 0 Å². The van der Waals surface area contributed by atoms with Gasteiger partial charge in [-0.25, -0.2) is 8.42 Å². The first-order chi connectivity index (χ1) is 10.4. The van der Waals surface area contributed by atoms with Crippen molar-refractivity contribution >= 4 is 15.7 Å². The van der Waals surface area contributed by atoms with Crippen molar-refractivity contribution in [3.05, 3.63) is 35.9 Å². The molecule has 1 aromatic rings. The third-order valence-corrected chi connectivity index (χ3v) is 4.82. The number of carbonyl (C=O) groups is 1. The first kappa shape index (κ1) is 17.0. The molecule has 6 heteroatoms. The predicted octanol–water partition coefficient (Wildman–Crippen LogP) is 1.14. The van der Waals surface area contributed by atoms with Gasteiger partial charge in [-0.15, -0.1) is 0 Å². The van der Waals surface area contributed by atoms with Crippen LogP contribution >= 0.6 is 0 Å². The summed E-state index contributed by atoms with van der Waals surface area (Å²) in [6.07, 6.45) is 2.75. The summed E-state index contributed by atoms with van der Waals surface area (Å²) in [6.45, 7) is 1.10. The molecular formula is C16H23NO4S. The van der Waals surface area contributed by atoms with Crippen LogP contribution in [-0.4, -0.2) is 57.5 Å². The lowest BCUT2D eigenvalue weighted by atomic mass is 9.88. The van der Waals surface area contributed by atoms with E-state index in [1.54, 1.807) is 12.0 Å². The summed E-state index contributed by atoms with van der Waals surface area (Å²) in [6, 6.07) is 10.1. The van der Waals surface area contributed by atoms with Crippen LogP contribution in [0.2, 0.25) is 0 Å². The van der Waals surface area contributed by atoms with E-state index >= 15 is 0 Å². The monoisotopic (exact) mass is 325 g/mol. The molecule has 0 aromatic heterocycles. The Morgan fingerprint density at radius 2 is 2.00 bits per heavy atom. The third-order valence-electron chi connectivity index (χ3n) is 4.05. The zero-order chi connectivity index (χ0) is 16.2. The molecule has 122 valence electrons. The number of sulfone groups is 1. The van der Waals surface area contributed by atoms with E-state index in [-0.39, 0.29) is 17.9 Å². The maximum Gasteiger partial charge on any atom is 0.237 e. The summed E-state index contributed by atoms with van der Waals surface area (Å²) in [7, 11) is -1.60. The Labute approximate surface area is 132 Å². The molecule has 0 unspecified atom stereocenters. The standard InChI is InChI=1S/C16H23NO4S/c1-21-15-8-9-17(16(18)12-22(2,19)20)11-14(15)10-13-6-4-3-5-7-13/h3-7,14-15H,8-12H2,1-2H3/t14-,15-/m0/s1. The Balaban J connectivity index is 2.05. The molecular weight excluding hydrogens is 302 g/mol. The van der Waals surface area contributed by atoms with Crippen LogP contribution in [0.3, 0.4) is 0 Å². The van der Waals surface area contributed by atoms with Crippen LogP contribution in [-0.2, 0) is 25.8 Å². The number of amides is 1. The smallest absolute Gasteiger partial charge is 0.237 e. The molecule has 0 spiro atoms. The van der Waals surface area contributed by atoms with Crippen molar-refractivity contribution in [2.45, 2.75) is 18.9 Å². The molecule has 2 rings (SSSR count). The number of hydrogen-bond acceptors (Lipinski definition) is 4. The highest BCUT2D eigenvalue weighted by Crippen LogP contribution is 2.24. The number of likely N-dealkylation sites (tertiary alicyclic amines) is 1. The fourth-order valence-corrected chi connectivity index (χ4v) is 3.61. The second kappa shape index (κ2) is 7.24. The van der Waals surface area contributed by atoms with Gasteiger partial charge in [0, 0.05) is 32.4 Å². The highest BCUT2D eigenvalue weighted by atomic mass is 32.2. The van der Waals surface area contributed by atoms with E-state index in [1.807, 2.05) is 18.2 Å². The summed E-state index contributed by atoms with van der Waals surface area (Å²) < 4.78 is 28.2. The summed E-state index contributed by atoms with van der Waals surface area (Å²) in [5.74, 6) is -0.539.